The number of likely N-dealkylation sites (tertiary alicyclic amines) is 1. The molecule has 1 aromatic rings. The SMILES string of the molecule is CO[C@@H]1CCN(C(=O)c2ccc(C)cc2)C1. The molecule has 1 amide bonds. The summed E-state index contributed by atoms with van der Waals surface area (Å²) in [6.07, 6.45) is 1.14. The Morgan fingerprint density at radius 3 is 2.62 bits per heavy atom. The fraction of sp³-hybridized carbons (Fsp3) is 0.462. The zero-order valence-corrected chi connectivity index (χ0v) is 9.77. The van der Waals surface area contributed by atoms with E-state index in [9.17, 15) is 4.79 Å². The lowest BCUT2D eigenvalue weighted by Crippen LogP contribution is -2.29. The molecule has 0 aromatic heterocycles. The highest BCUT2D eigenvalue weighted by atomic mass is 16.5. The molecule has 0 radical (unpaired) electrons. The second-order valence-corrected chi connectivity index (χ2v) is 4.26. The minimum Gasteiger partial charge on any atom is -0.380 e. The Morgan fingerprint density at radius 2 is 2.06 bits per heavy atom. The topological polar surface area (TPSA) is 29.5 Å². The molecule has 1 aromatic carbocycles. The van der Waals surface area contributed by atoms with Crippen molar-refractivity contribution in [3.63, 3.8) is 0 Å². The summed E-state index contributed by atoms with van der Waals surface area (Å²) >= 11 is 0. The Morgan fingerprint density at radius 1 is 1.38 bits per heavy atom. The van der Waals surface area contributed by atoms with Crippen LogP contribution in [0.4, 0.5) is 0 Å². The van der Waals surface area contributed by atoms with E-state index in [-0.39, 0.29) is 12.0 Å². The van der Waals surface area contributed by atoms with Gasteiger partial charge in [-0.25, -0.2) is 0 Å². The fourth-order valence-corrected chi connectivity index (χ4v) is 1.98. The minimum absolute atomic E-state index is 0.111. The summed E-state index contributed by atoms with van der Waals surface area (Å²) in [4.78, 5) is 14.0. The Bertz CT molecular complexity index is 372. The van der Waals surface area contributed by atoms with Gasteiger partial charge in [0.15, 0.2) is 0 Å². The molecule has 1 atom stereocenters. The normalized spacial score (nSPS) is 20.1. The maximum Gasteiger partial charge on any atom is 0.253 e. The number of hydrogen-bond acceptors (Lipinski definition) is 2. The molecular formula is C13H17NO2. The van der Waals surface area contributed by atoms with Gasteiger partial charge < -0.3 is 9.64 Å². The number of carbonyl (C=O) groups excluding carboxylic acids is 1. The quantitative estimate of drug-likeness (QED) is 0.759. The molecule has 1 aliphatic rings. The summed E-state index contributed by atoms with van der Waals surface area (Å²) < 4.78 is 5.25. The molecule has 3 nitrogen and oxygen atoms in total. The van der Waals surface area contributed by atoms with Crippen LogP contribution in [0.2, 0.25) is 0 Å². The summed E-state index contributed by atoms with van der Waals surface area (Å²) in [7, 11) is 1.70. The maximum atomic E-state index is 12.1. The van der Waals surface area contributed by atoms with Gasteiger partial charge in [0.2, 0.25) is 0 Å². The van der Waals surface area contributed by atoms with E-state index in [1.165, 1.54) is 5.56 Å². The number of rotatable bonds is 2. The van der Waals surface area contributed by atoms with Crippen molar-refractivity contribution in [2.24, 2.45) is 0 Å². The van der Waals surface area contributed by atoms with Gasteiger partial charge in [-0.1, -0.05) is 17.7 Å². The van der Waals surface area contributed by atoms with Crippen molar-refractivity contribution in [1.82, 2.24) is 4.90 Å². The standard InChI is InChI=1S/C13H17NO2/c1-10-3-5-11(6-4-10)13(15)14-8-7-12(9-14)16-2/h3-6,12H,7-9H2,1-2H3/t12-/m1/s1. The lowest BCUT2D eigenvalue weighted by Gasteiger charge is -2.16. The Hall–Kier alpha value is -1.35. The first-order chi connectivity index (χ1) is 7.70. The van der Waals surface area contributed by atoms with E-state index >= 15 is 0 Å². The third kappa shape index (κ3) is 2.25. The number of methoxy groups -OCH3 is 1. The van der Waals surface area contributed by atoms with E-state index in [1.54, 1.807) is 7.11 Å². The van der Waals surface area contributed by atoms with Crippen molar-refractivity contribution in [1.29, 1.82) is 0 Å². The second kappa shape index (κ2) is 4.66. The second-order valence-electron chi connectivity index (χ2n) is 4.26. The van der Waals surface area contributed by atoms with Crippen LogP contribution in [-0.2, 0) is 4.74 Å². The number of aryl methyl sites for hydroxylation is 1. The first-order valence-corrected chi connectivity index (χ1v) is 5.59. The van der Waals surface area contributed by atoms with Gasteiger partial charge in [0.25, 0.3) is 5.91 Å². The van der Waals surface area contributed by atoms with Gasteiger partial charge >= 0.3 is 0 Å². The molecule has 1 heterocycles. The van der Waals surface area contributed by atoms with Crippen molar-refractivity contribution in [2.45, 2.75) is 19.4 Å². The first kappa shape index (κ1) is 11.1. The van der Waals surface area contributed by atoms with Crippen LogP contribution in [0, 0.1) is 6.92 Å². The average Bonchev–Trinajstić information content (AvgIpc) is 2.77. The lowest BCUT2D eigenvalue weighted by molar-refractivity contribution is 0.0724. The highest BCUT2D eigenvalue weighted by molar-refractivity contribution is 5.94. The van der Waals surface area contributed by atoms with Gasteiger partial charge in [0, 0.05) is 25.8 Å². The van der Waals surface area contributed by atoms with Crippen molar-refractivity contribution in [3.05, 3.63) is 35.4 Å². The van der Waals surface area contributed by atoms with Gasteiger partial charge in [-0.05, 0) is 25.5 Å². The van der Waals surface area contributed by atoms with Crippen molar-refractivity contribution >= 4 is 5.91 Å². The number of ether oxygens (including phenoxy) is 1. The first-order valence-electron chi connectivity index (χ1n) is 5.59. The van der Waals surface area contributed by atoms with Crippen LogP contribution < -0.4 is 0 Å². The predicted molar refractivity (Wildman–Crippen MR) is 62.5 cm³/mol. The molecule has 1 saturated heterocycles. The highest BCUT2D eigenvalue weighted by Crippen LogP contribution is 2.15. The summed E-state index contributed by atoms with van der Waals surface area (Å²) in [6, 6.07) is 7.71. The van der Waals surface area contributed by atoms with Crippen LogP contribution >= 0.6 is 0 Å². The maximum absolute atomic E-state index is 12.1. The molecule has 16 heavy (non-hydrogen) atoms. The fourth-order valence-electron chi connectivity index (χ4n) is 1.98. The van der Waals surface area contributed by atoms with Crippen LogP contribution in [0.1, 0.15) is 22.3 Å². The third-order valence-corrected chi connectivity index (χ3v) is 3.06. The largest absolute Gasteiger partial charge is 0.380 e. The van der Waals surface area contributed by atoms with Gasteiger partial charge in [-0.3, -0.25) is 4.79 Å². The van der Waals surface area contributed by atoms with E-state index in [1.807, 2.05) is 36.1 Å². The molecule has 0 aliphatic carbocycles. The Balaban J connectivity index is 2.05. The number of amides is 1. The van der Waals surface area contributed by atoms with Crippen LogP contribution in [0.25, 0.3) is 0 Å². The monoisotopic (exact) mass is 219 g/mol. The van der Waals surface area contributed by atoms with E-state index < -0.39 is 0 Å². The van der Waals surface area contributed by atoms with E-state index in [2.05, 4.69) is 0 Å². The zero-order chi connectivity index (χ0) is 11.5. The average molecular weight is 219 g/mol. The Labute approximate surface area is 96.0 Å². The lowest BCUT2D eigenvalue weighted by atomic mass is 10.1. The van der Waals surface area contributed by atoms with Crippen LogP contribution in [0.3, 0.4) is 0 Å². The minimum atomic E-state index is 0.111. The molecule has 0 spiro atoms. The van der Waals surface area contributed by atoms with Crippen molar-refractivity contribution in [3.8, 4) is 0 Å². The summed E-state index contributed by atoms with van der Waals surface area (Å²) in [5.74, 6) is 0.111. The van der Waals surface area contributed by atoms with Gasteiger partial charge in [-0.15, -0.1) is 0 Å². The molecule has 2 rings (SSSR count). The third-order valence-electron chi connectivity index (χ3n) is 3.06. The molecular weight excluding hydrogens is 202 g/mol. The molecule has 86 valence electrons. The predicted octanol–water partition coefficient (Wildman–Crippen LogP) is 1.86. The summed E-state index contributed by atoms with van der Waals surface area (Å²) in [6.45, 7) is 3.53. The highest BCUT2D eigenvalue weighted by Gasteiger charge is 2.26. The van der Waals surface area contributed by atoms with Gasteiger partial charge in [-0.2, -0.15) is 0 Å². The van der Waals surface area contributed by atoms with Crippen LogP contribution in [0.15, 0.2) is 24.3 Å². The molecule has 3 heteroatoms. The summed E-state index contributed by atoms with van der Waals surface area (Å²) in [5, 5.41) is 0. The molecule has 1 aliphatic heterocycles. The van der Waals surface area contributed by atoms with Gasteiger partial charge in [0.05, 0.1) is 6.10 Å². The van der Waals surface area contributed by atoms with Gasteiger partial charge in [0.1, 0.15) is 0 Å². The number of benzene rings is 1. The Kier molecular flexibility index (Phi) is 3.25. The molecule has 0 unspecified atom stereocenters. The molecule has 1 fully saturated rings. The van der Waals surface area contributed by atoms with E-state index in [0.29, 0.717) is 6.54 Å². The zero-order valence-electron chi connectivity index (χ0n) is 9.77. The van der Waals surface area contributed by atoms with Crippen molar-refractivity contribution < 1.29 is 9.53 Å². The smallest absolute Gasteiger partial charge is 0.253 e. The number of hydrogen-bond donors (Lipinski definition) is 0. The van der Waals surface area contributed by atoms with Crippen LogP contribution in [-0.4, -0.2) is 37.1 Å². The van der Waals surface area contributed by atoms with E-state index in [4.69, 9.17) is 4.74 Å². The van der Waals surface area contributed by atoms with E-state index in [0.717, 1.165) is 18.5 Å². The number of nitrogens with zero attached hydrogens (tertiary/aromatic N) is 1. The molecule has 0 bridgehead atoms. The number of carbonyl (C=O) groups is 1. The van der Waals surface area contributed by atoms with Crippen molar-refractivity contribution in [2.75, 3.05) is 20.2 Å². The van der Waals surface area contributed by atoms with Crippen LogP contribution in [0.5, 0.6) is 0 Å². The summed E-state index contributed by atoms with van der Waals surface area (Å²) in [5.41, 5.74) is 1.94. The molecule has 0 saturated carbocycles. The molecule has 0 N–H and O–H groups in total.